The van der Waals surface area contributed by atoms with Crippen LogP contribution >= 0.6 is 0 Å². The third kappa shape index (κ3) is 2.36. The summed E-state index contributed by atoms with van der Waals surface area (Å²) >= 11 is 0. The molecule has 4 nitrogen and oxygen atoms in total. The average molecular weight is 221 g/mol. The highest BCUT2D eigenvalue weighted by atomic mass is 19.1. The number of nitrogens with zero attached hydrogens (tertiary/aromatic N) is 2. The van der Waals surface area contributed by atoms with E-state index in [0.717, 1.165) is 5.56 Å². The van der Waals surface area contributed by atoms with Crippen LogP contribution in [0.15, 0.2) is 22.7 Å². The van der Waals surface area contributed by atoms with Crippen LogP contribution in [0.4, 0.5) is 10.1 Å². The van der Waals surface area contributed by atoms with Gasteiger partial charge in [0.1, 0.15) is 5.82 Å². The fourth-order valence-corrected chi connectivity index (χ4v) is 1.36. The molecule has 1 heterocycles. The van der Waals surface area contributed by atoms with Crippen molar-refractivity contribution >= 4 is 5.69 Å². The molecular weight excluding hydrogens is 209 g/mol. The lowest BCUT2D eigenvalue weighted by atomic mass is 10.2. The molecule has 1 aromatic carbocycles. The minimum absolute atomic E-state index is 0.286. The summed E-state index contributed by atoms with van der Waals surface area (Å²) in [6.45, 7) is 3.96. The van der Waals surface area contributed by atoms with Gasteiger partial charge in [-0.2, -0.15) is 4.98 Å². The Balaban J connectivity index is 2.07. The Morgan fingerprint density at radius 2 is 2.19 bits per heavy atom. The Bertz CT molecular complexity index is 496. The molecule has 0 spiro atoms. The number of rotatable bonds is 3. The van der Waals surface area contributed by atoms with Gasteiger partial charge in [0.05, 0.1) is 12.2 Å². The first-order chi connectivity index (χ1) is 7.65. The summed E-state index contributed by atoms with van der Waals surface area (Å²) in [6, 6.07) is 4.89. The number of anilines is 1. The number of benzene rings is 1. The van der Waals surface area contributed by atoms with Crippen LogP contribution in [-0.2, 0) is 6.54 Å². The van der Waals surface area contributed by atoms with E-state index in [1.165, 1.54) is 6.07 Å². The van der Waals surface area contributed by atoms with Gasteiger partial charge >= 0.3 is 0 Å². The highest BCUT2D eigenvalue weighted by Gasteiger charge is 2.05. The molecule has 0 aliphatic carbocycles. The van der Waals surface area contributed by atoms with Crippen molar-refractivity contribution in [1.29, 1.82) is 0 Å². The molecule has 84 valence electrons. The first-order valence-electron chi connectivity index (χ1n) is 4.94. The number of aromatic nitrogens is 2. The van der Waals surface area contributed by atoms with Crippen molar-refractivity contribution in [1.82, 2.24) is 10.1 Å². The van der Waals surface area contributed by atoms with Crippen LogP contribution < -0.4 is 5.32 Å². The first-order valence-corrected chi connectivity index (χ1v) is 4.94. The molecule has 0 saturated carbocycles. The zero-order chi connectivity index (χ0) is 11.5. The molecule has 0 amide bonds. The van der Waals surface area contributed by atoms with Gasteiger partial charge in [0.2, 0.25) is 5.89 Å². The summed E-state index contributed by atoms with van der Waals surface area (Å²) in [5.41, 5.74) is 1.44. The van der Waals surface area contributed by atoms with Crippen LogP contribution in [0.3, 0.4) is 0 Å². The molecule has 1 N–H and O–H groups in total. The molecule has 0 bridgehead atoms. The van der Waals surface area contributed by atoms with Crippen LogP contribution in [0.5, 0.6) is 0 Å². The van der Waals surface area contributed by atoms with Crippen LogP contribution in [0, 0.1) is 19.7 Å². The minimum Gasteiger partial charge on any atom is -0.375 e. The quantitative estimate of drug-likeness (QED) is 0.864. The molecule has 0 unspecified atom stereocenters. The maximum atomic E-state index is 13.4. The zero-order valence-corrected chi connectivity index (χ0v) is 9.12. The Labute approximate surface area is 92.5 Å². The second-order valence-corrected chi connectivity index (χ2v) is 3.57. The molecule has 2 rings (SSSR count). The van der Waals surface area contributed by atoms with E-state index < -0.39 is 0 Å². The topological polar surface area (TPSA) is 51.0 Å². The van der Waals surface area contributed by atoms with Crippen molar-refractivity contribution < 1.29 is 8.91 Å². The van der Waals surface area contributed by atoms with Gasteiger partial charge in [0, 0.05) is 6.92 Å². The van der Waals surface area contributed by atoms with Gasteiger partial charge in [-0.15, -0.1) is 0 Å². The summed E-state index contributed by atoms with van der Waals surface area (Å²) in [4.78, 5) is 4.02. The largest absolute Gasteiger partial charge is 0.375 e. The van der Waals surface area contributed by atoms with E-state index in [0.29, 0.717) is 23.9 Å². The lowest BCUT2D eigenvalue weighted by Crippen LogP contribution is -2.03. The van der Waals surface area contributed by atoms with E-state index in [1.807, 2.05) is 6.92 Å². The Morgan fingerprint density at radius 1 is 1.38 bits per heavy atom. The molecule has 0 aliphatic rings. The van der Waals surface area contributed by atoms with Crippen LogP contribution in [0.1, 0.15) is 17.3 Å². The van der Waals surface area contributed by atoms with E-state index >= 15 is 0 Å². The van der Waals surface area contributed by atoms with Gasteiger partial charge in [-0.3, -0.25) is 0 Å². The standard InChI is InChI=1S/C11H12FN3O/c1-7-3-4-9(12)10(5-7)13-6-11-14-8(2)16-15-11/h3-5,13H,6H2,1-2H3. The second kappa shape index (κ2) is 4.30. The lowest BCUT2D eigenvalue weighted by Gasteiger charge is -2.05. The van der Waals surface area contributed by atoms with Crippen LogP contribution in [0.25, 0.3) is 0 Å². The maximum absolute atomic E-state index is 13.4. The molecule has 2 aromatic rings. The molecule has 0 radical (unpaired) electrons. The van der Waals surface area contributed by atoms with Crippen molar-refractivity contribution in [2.75, 3.05) is 5.32 Å². The van der Waals surface area contributed by atoms with E-state index in [4.69, 9.17) is 4.52 Å². The number of aryl methyl sites for hydroxylation is 2. The Morgan fingerprint density at radius 3 is 2.88 bits per heavy atom. The van der Waals surface area contributed by atoms with Crippen molar-refractivity contribution in [2.45, 2.75) is 20.4 Å². The van der Waals surface area contributed by atoms with Gasteiger partial charge in [-0.25, -0.2) is 4.39 Å². The molecule has 0 aliphatic heterocycles. The van der Waals surface area contributed by atoms with Gasteiger partial charge < -0.3 is 9.84 Å². The van der Waals surface area contributed by atoms with Crippen LogP contribution in [-0.4, -0.2) is 10.1 Å². The van der Waals surface area contributed by atoms with E-state index in [9.17, 15) is 4.39 Å². The van der Waals surface area contributed by atoms with Crippen LogP contribution in [0.2, 0.25) is 0 Å². The fourth-order valence-electron chi connectivity index (χ4n) is 1.36. The Kier molecular flexibility index (Phi) is 2.85. The van der Waals surface area contributed by atoms with E-state index in [2.05, 4.69) is 15.5 Å². The van der Waals surface area contributed by atoms with E-state index in [-0.39, 0.29) is 5.82 Å². The second-order valence-electron chi connectivity index (χ2n) is 3.57. The first kappa shape index (κ1) is 10.6. The molecule has 1 aromatic heterocycles. The predicted molar refractivity (Wildman–Crippen MR) is 57.5 cm³/mol. The molecule has 0 atom stereocenters. The summed E-state index contributed by atoms with van der Waals surface area (Å²) in [5.74, 6) is 0.728. The predicted octanol–water partition coefficient (Wildman–Crippen LogP) is 2.44. The van der Waals surface area contributed by atoms with Gasteiger partial charge in [-0.05, 0) is 24.6 Å². The average Bonchev–Trinajstić information content (AvgIpc) is 2.66. The summed E-state index contributed by atoms with van der Waals surface area (Å²) in [7, 11) is 0. The normalized spacial score (nSPS) is 10.4. The summed E-state index contributed by atoms with van der Waals surface area (Å²) in [6.07, 6.45) is 0. The van der Waals surface area contributed by atoms with E-state index in [1.54, 1.807) is 19.1 Å². The Hall–Kier alpha value is -1.91. The highest BCUT2D eigenvalue weighted by molar-refractivity contribution is 5.46. The molecule has 0 saturated heterocycles. The lowest BCUT2D eigenvalue weighted by molar-refractivity contribution is 0.388. The fraction of sp³-hybridized carbons (Fsp3) is 0.273. The van der Waals surface area contributed by atoms with Crippen molar-refractivity contribution in [3.05, 3.63) is 41.3 Å². The maximum Gasteiger partial charge on any atom is 0.223 e. The number of halogens is 1. The minimum atomic E-state index is -0.286. The molecule has 5 heteroatoms. The summed E-state index contributed by atoms with van der Waals surface area (Å²) in [5, 5.41) is 6.64. The van der Waals surface area contributed by atoms with Crippen molar-refractivity contribution in [2.24, 2.45) is 0 Å². The van der Waals surface area contributed by atoms with Crippen molar-refractivity contribution in [3.63, 3.8) is 0 Å². The monoisotopic (exact) mass is 221 g/mol. The summed E-state index contributed by atoms with van der Waals surface area (Å²) < 4.78 is 18.2. The third-order valence-electron chi connectivity index (χ3n) is 2.13. The SMILES string of the molecule is Cc1ccc(F)c(NCc2noc(C)n2)c1. The van der Waals surface area contributed by atoms with Gasteiger partial charge in [0.15, 0.2) is 5.82 Å². The van der Waals surface area contributed by atoms with Gasteiger partial charge in [0.25, 0.3) is 0 Å². The zero-order valence-electron chi connectivity index (χ0n) is 9.12. The number of hydrogen-bond donors (Lipinski definition) is 1. The number of hydrogen-bond acceptors (Lipinski definition) is 4. The third-order valence-corrected chi connectivity index (χ3v) is 2.13. The van der Waals surface area contributed by atoms with Crippen molar-refractivity contribution in [3.8, 4) is 0 Å². The molecular formula is C11H12FN3O. The molecule has 16 heavy (non-hydrogen) atoms. The smallest absolute Gasteiger partial charge is 0.223 e. The highest BCUT2D eigenvalue weighted by Crippen LogP contribution is 2.16. The van der Waals surface area contributed by atoms with Gasteiger partial charge in [-0.1, -0.05) is 11.2 Å². The molecule has 0 fully saturated rings. The number of nitrogens with one attached hydrogen (secondary N) is 1.